The molecule has 8 aromatic rings. The van der Waals surface area contributed by atoms with Crippen molar-refractivity contribution in [2.45, 2.75) is 62.0 Å². The highest BCUT2D eigenvalue weighted by molar-refractivity contribution is 7.92. The van der Waals surface area contributed by atoms with Gasteiger partial charge in [-0.15, -0.1) is 0 Å². The van der Waals surface area contributed by atoms with E-state index in [1.165, 1.54) is 72.8 Å². The maximum absolute atomic E-state index is 14.1. The molecule has 0 radical (unpaired) electrons. The SMILES string of the molecule is Cc1cc(C)c(Nc2ccc3c(-c4ccccc4S(=O)(=O)O)c4ccc(=Nc5c(C)cc(C)c(NS(=O)(=O)c6ccc7c(C(=O)O)c(O)ccc7c6)c5C)cc-4oc3c2)c(C)c1CS(=O)(=O)c1ccc2c(C(=O)O)c(O)ccc2c1. The topological polar surface area (TPSA) is 287 Å². The summed E-state index contributed by atoms with van der Waals surface area (Å²) in [6.45, 7) is 10.8. The summed E-state index contributed by atoms with van der Waals surface area (Å²) in [6.07, 6.45) is 0. The number of carbonyl (C=O) groups is 2. The lowest BCUT2D eigenvalue weighted by molar-refractivity contribution is 0.0684. The zero-order valence-corrected chi connectivity index (χ0v) is 45.9. The number of aromatic hydroxyl groups is 2. The van der Waals surface area contributed by atoms with E-state index in [4.69, 9.17) is 9.41 Å². The van der Waals surface area contributed by atoms with Gasteiger partial charge in [0.1, 0.15) is 38.9 Å². The molecular formula is C60H49N3O14S3. The van der Waals surface area contributed by atoms with Gasteiger partial charge in [0.2, 0.25) is 0 Å². The van der Waals surface area contributed by atoms with Gasteiger partial charge in [-0.2, -0.15) is 8.42 Å². The first kappa shape index (κ1) is 54.3. The van der Waals surface area contributed by atoms with Crippen LogP contribution in [-0.4, -0.2) is 62.2 Å². The molecule has 7 N–H and O–H groups in total. The van der Waals surface area contributed by atoms with Gasteiger partial charge in [-0.3, -0.25) is 9.27 Å². The number of anilines is 3. The van der Waals surface area contributed by atoms with Crippen LogP contribution in [0.3, 0.4) is 0 Å². The van der Waals surface area contributed by atoms with Crippen LogP contribution in [0.25, 0.3) is 55.0 Å². The maximum atomic E-state index is 14.1. The third kappa shape index (κ3) is 9.82. The van der Waals surface area contributed by atoms with Gasteiger partial charge in [0.05, 0.1) is 32.3 Å². The van der Waals surface area contributed by atoms with E-state index in [1.807, 2.05) is 26.8 Å². The Balaban J connectivity index is 1.05. The van der Waals surface area contributed by atoms with E-state index in [2.05, 4.69) is 10.0 Å². The van der Waals surface area contributed by atoms with Gasteiger partial charge in [0, 0.05) is 56.4 Å². The Labute approximate surface area is 458 Å². The summed E-state index contributed by atoms with van der Waals surface area (Å²) < 4.78 is 102. The average molecular weight is 1130 g/mol. The minimum Gasteiger partial charge on any atom is -0.507 e. The monoisotopic (exact) mass is 1130 g/mol. The second-order valence-corrected chi connectivity index (χ2v) is 24.6. The molecular weight excluding hydrogens is 1080 g/mol. The van der Waals surface area contributed by atoms with Crippen molar-refractivity contribution in [3.8, 4) is 33.9 Å². The molecule has 0 spiro atoms. The third-order valence-corrected chi connectivity index (χ3v) is 18.2. The summed E-state index contributed by atoms with van der Waals surface area (Å²) in [6, 6.07) is 33.2. The fourth-order valence-electron chi connectivity index (χ4n) is 10.5. The Bertz CT molecular complexity index is 4740. The molecule has 0 aromatic heterocycles. The van der Waals surface area contributed by atoms with Gasteiger partial charge in [-0.25, -0.2) is 31.4 Å². The molecule has 10 rings (SSSR count). The van der Waals surface area contributed by atoms with Crippen molar-refractivity contribution < 1.29 is 64.2 Å². The molecule has 406 valence electrons. The quantitative estimate of drug-likeness (QED) is 0.0417. The molecule has 0 fully saturated rings. The molecule has 2 aliphatic rings. The second-order valence-electron chi connectivity index (χ2n) is 19.6. The summed E-state index contributed by atoms with van der Waals surface area (Å²) in [5.74, 6) is -3.76. The van der Waals surface area contributed by atoms with E-state index in [-0.39, 0.29) is 64.6 Å². The van der Waals surface area contributed by atoms with Crippen LogP contribution in [0.1, 0.15) is 59.7 Å². The molecule has 1 heterocycles. The predicted octanol–water partition coefficient (Wildman–Crippen LogP) is 12.2. The van der Waals surface area contributed by atoms with Crippen LogP contribution >= 0.6 is 0 Å². The Morgan fingerprint density at radius 3 is 1.80 bits per heavy atom. The van der Waals surface area contributed by atoms with Crippen LogP contribution in [0, 0.1) is 41.5 Å². The van der Waals surface area contributed by atoms with Gasteiger partial charge in [-0.1, -0.05) is 54.6 Å². The highest BCUT2D eigenvalue weighted by Gasteiger charge is 2.27. The van der Waals surface area contributed by atoms with E-state index >= 15 is 0 Å². The number of sulfone groups is 1. The Hall–Kier alpha value is -9.08. The van der Waals surface area contributed by atoms with Crippen molar-refractivity contribution in [1.29, 1.82) is 0 Å². The number of nitrogens with zero attached hydrogens (tertiary/aromatic N) is 1. The average Bonchev–Trinajstić information content (AvgIpc) is 3.44. The van der Waals surface area contributed by atoms with Crippen molar-refractivity contribution in [2.75, 3.05) is 10.0 Å². The van der Waals surface area contributed by atoms with E-state index in [9.17, 15) is 59.8 Å². The number of rotatable bonds is 13. The molecule has 0 amide bonds. The molecule has 17 nitrogen and oxygen atoms in total. The van der Waals surface area contributed by atoms with Gasteiger partial charge in [0.15, 0.2) is 9.84 Å². The largest absolute Gasteiger partial charge is 0.507 e. The molecule has 8 aromatic carbocycles. The van der Waals surface area contributed by atoms with Gasteiger partial charge in [-0.05, 0) is 158 Å². The molecule has 1 aliphatic carbocycles. The van der Waals surface area contributed by atoms with Crippen molar-refractivity contribution in [3.63, 3.8) is 0 Å². The van der Waals surface area contributed by atoms with Crippen LogP contribution in [0.5, 0.6) is 11.5 Å². The number of carboxylic acids is 2. The minimum absolute atomic E-state index is 0.0360. The van der Waals surface area contributed by atoms with Crippen molar-refractivity contribution in [3.05, 3.63) is 189 Å². The number of hydrogen-bond acceptors (Lipinski definition) is 13. The van der Waals surface area contributed by atoms with Crippen molar-refractivity contribution in [2.24, 2.45) is 4.99 Å². The van der Waals surface area contributed by atoms with Crippen molar-refractivity contribution in [1.82, 2.24) is 0 Å². The summed E-state index contributed by atoms with van der Waals surface area (Å²) in [7, 11) is -13.1. The summed E-state index contributed by atoms with van der Waals surface area (Å²) >= 11 is 0. The first-order valence-electron chi connectivity index (χ1n) is 24.6. The van der Waals surface area contributed by atoms with Crippen LogP contribution in [-0.2, 0) is 35.7 Å². The third-order valence-electron chi connectivity index (χ3n) is 14.3. The Kier molecular flexibility index (Phi) is 13.6. The molecule has 80 heavy (non-hydrogen) atoms. The normalized spacial score (nSPS) is 12.4. The highest BCUT2D eigenvalue weighted by atomic mass is 32.2. The molecule has 0 bridgehead atoms. The Morgan fingerprint density at radius 1 is 0.575 bits per heavy atom. The zero-order chi connectivity index (χ0) is 57.5. The molecule has 0 atom stereocenters. The predicted molar refractivity (Wildman–Crippen MR) is 305 cm³/mol. The first-order valence-corrected chi connectivity index (χ1v) is 29.1. The lowest BCUT2D eigenvalue weighted by atomic mass is 9.93. The van der Waals surface area contributed by atoms with Gasteiger partial charge >= 0.3 is 11.9 Å². The van der Waals surface area contributed by atoms with Crippen molar-refractivity contribution >= 4 is 97.2 Å². The maximum Gasteiger partial charge on any atom is 0.340 e. The number of aromatic carboxylic acids is 2. The molecule has 20 heteroatoms. The molecule has 0 unspecified atom stereocenters. The second kappa shape index (κ2) is 20.0. The lowest BCUT2D eigenvalue weighted by Gasteiger charge is -2.20. The van der Waals surface area contributed by atoms with E-state index < -0.39 is 59.2 Å². The standard InChI is InChI=1S/C60H49N3O14S3/c1-30-23-31(2)56(34(5)47(30)29-78(70,71)40-15-19-42-36(25-40)11-21-48(64)54(42)59(66)67)61-38-13-17-44-50(27-38)77-51-28-39(14-18-45(51)53(44)46-9-7-8-10-52(46)80(74,75)76)62-57-32(3)24-33(4)58(35(57)6)63-79(72,73)41-16-20-43-37(26-41)12-22-49(65)55(43)60(68)69/h7-28,61,63-65H,29H2,1-6H3,(H,66,67)(H,68,69)(H,74,75,76). The van der Waals surface area contributed by atoms with Crippen LogP contribution in [0.15, 0.2) is 158 Å². The van der Waals surface area contributed by atoms with Gasteiger partial charge < -0.3 is 30.2 Å². The Morgan fingerprint density at radius 2 is 1.16 bits per heavy atom. The number of benzene rings is 9. The lowest BCUT2D eigenvalue weighted by Crippen LogP contribution is -2.15. The highest BCUT2D eigenvalue weighted by Crippen LogP contribution is 2.44. The van der Waals surface area contributed by atoms with E-state index in [0.29, 0.717) is 77.7 Å². The van der Waals surface area contributed by atoms with Crippen LogP contribution < -0.4 is 15.4 Å². The number of aryl methyl sites for hydroxylation is 4. The summed E-state index contributed by atoms with van der Waals surface area (Å²) in [4.78, 5) is 28.3. The molecule has 1 aliphatic heterocycles. The van der Waals surface area contributed by atoms with Crippen LogP contribution in [0.2, 0.25) is 0 Å². The van der Waals surface area contributed by atoms with Crippen LogP contribution in [0.4, 0.5) is 22.7 Å². The number of nitrogens with one attached hydrogen (secondary N) is 2. The first-order chi connectivity index (χ1) is 37.7. The fraction of sp³-hybridized carbons (Fsp3) is 0.117. The zero-order valence-electron chi connectivity index (χ0n) is 43.5. The summed E-state index contributed by atoms with van der Waals surface area (Å²) in [5.41, 5.74) is 6.91. The van der Waals surface area contributed by atoms with E-state index in [1.54, 1.807) is 75.4 Å². The summed E-state index contributed by atoms with van der Waals surface area (Å²) in [5, 5.41) is 45.1. The number of carboxylic acid groups (broad SMARTS) is 2. The fourth-order valence-corrected chi connectivity index (χ4v) is 14.0. The minimum atomic E-state index is -4.76. The number of hydrogen-bond donors (Lipinski definition) is 7. The van der Waals surface area contributed by atoms with Gasteiger partial charge in [0.25, 0.3) is 20.1 Å². The number of sulfonamides is 1. The number of phenols is 2. The molecule has 0 saturated carbocycles. The smallest absolute Gasteiger partial charge is 0.340 e. The number of fused-ring (bicyclic) bond motifs is 4. The molecule has 0 saturated heterocycles. The van der Waals surface area contributed by atoms with E-state index in [0.717, 1.165) is 5.56 Å².